The molecule has 1 atom stereocenters. The van der Waals surface area contributed by atoms with Crippen molar-refractivity contribution in [2.24, 2.45) is 5.92 Å². The van der Waals surface area contributed by atoms with Crippen LogP contribution in [0.25, 0.3) is 0 Å². The van der Waals surface area contributed by atoms with Crippen LogP contribution in [0.3, 0.4) is 0 Å². The van der Waals surface area contributed by atoms with Crippen LogP contribution in [0.4, 0.5) is 5.69 Å². The Labute approximate surface area is 183 Å². The monoisotopic (exact) mass is 425 g/mol. The highest BCUT2D eigenvalue weighted by Crippen LogP contribution is 2.24. The summed E-state index contributed by atoms with van der Waals surface area (Å²) < 4.78 is 6.05. The summed E-state index contributed by atoms with van der Waals surface area (Å²) in [4.78, 5) is 35.2. The van der Waals surface area contributed by atoms with Crippen LogP contribution in [0.2, 0.25) is 0 Å². The fourth-order valence-corrected chi connectivity index (χ4v) is 2.96. The minimum absolute atomic E-state index is 0.0650. The van der Waals surface area contributed by atoms with Crippen LogP contribution >= 0.6 is 0 Å². The molecule has 166 valence electrons. The van der Waals surface area contributed by atoms with Crippen LogP contribution in [0.1, 0.15) is 43.9 Å². The molecule has 0 bridgehead atoms. The minimum atomic E-state index is -0.491. The lowest BCUT2D eigenvalue weighted by Crippen LogP contribution is -2.38. The third-order valence-corrected chi connectivity index (χ3v) is 4.70. The van der Waals surface area contributed by atoms with Gasteiger partial charge in [-0.05, 0) is 24.0 Å². The van der Waals surface area contributed by atoms with Gasteiger partial charge in [0.15, 0.2) is 0 Å². The van der Waals surface area contributed by atoms with Crippen LogP contribution in [-0.2, 0) is 25.7 Å². The summed E-state index contributed by atoms with van der Waals surface area (Å²) in [5.74, 6) is 0.0257. The molecule has 2 aromatic carbocycles. The highest BCUT2D eigenvalue weighted by Gasteiger charge is 2.18. The number of rotatable bonds is 13. The zero-order chi connectivity index (χ0) is 22.5. The molecule has 0 saturated carbocycles. The second-order valence-corrected chi connectivity index (χ2v) is 7.64. The molecular weight excluding hydrogens is 394 g/mol. The van der Waals surface area contributed by atoms with Crippen molar-refractivity contribution in [3.63, 3.8) is 0 Å². The quantitative estimate of drug-likeness (QED) is 0.430. The molecule has 1 unspecified atom stereocenters. The van der Waals surface area contributed by atoms with Crippen molar-refractivity contribution < 1.29 is 19.1 Å². The number of hydrogen-bond donors (Lipinski definition) is 3. The molecule has 31 heavy (non-hydrogen) atoms. The molecule has 7 heteroatoms. The Morgan fingerprint density at radius 3 is 2.39 bits per heavy atom. The Balaban J connectivity index is 1.94. The van der Waals surface area contributed by atoms with Crippen molar-refractivity contribution in [3.05, 3.63) is 65.7 Å². The largest absolute Gasteiger partial charge is 0.368 e. The lowest BCUT2D eigenvalue weighted by Gasteiger charge is -2.19. The van der Waals surface area contributed by atoms with E-state index >= 15 is 0 Å². The second kappa shape index (κ2) is 13.2. The van der Waals surface area contributed by atoms with Crippen LogP contribution < -0.4 is 16.0 Å². The van der Waals surface area contributed by atoms with E-state index in [2.05, 4.69) is 29.8 Å². The summed E-state index contributed by atoms with van der Waals surface area (Å²) >= 11 is 0. The highest BCUT2D eigenvalue weighted by molar-refractivity contribution is 5.84. The Morgan fingerprint density at radius 1 is 0.968 bits per heavy atom. The smallest absolute Gasteiger partial charge is 0.239 e. The van der Waals surface area contributed by atoms with E-state index in [-0.39, 0.29) is 31.4 Å². The van der Waals surface area contributed by atoms with Gasteiger partial charge in [-0.2, -0.15) is 0 Å². The maximum atomic E-state index is 12.5. The number of hydrogen-bond acceptors (Lipinski definition) is 4. The highest BCUT2D eigenvalue weighted by atomic mass is 16.5. The van der Waals surface area contributed by atoms with Gasteiger partial charge >= 0.3 is 0 Å². The van der Waals surface area contributed by atoms with E-state index in [9.17, 15) is 14.4 Å². The molecule has 0 fully saturated rings. The standard InChI is InChI=1S/C24H31N3O4/c1-18(2)12-13-25-24(30)15-26-23(29)14-22(19-8-4-3-5-9-19)31-16-20-10-6-7-11-21(20)27-17-28/h3-11,17-18,22H,12-16H2,1-2H3,(H,25,30)(H,26,29)(H,27,28). The molecule has 2 rings (SSSR count). The van der Waals surface area contributed by atoms with Crippen molar-refractivity contribution in [2.75, 3.05) is 18.4 Å². The van der Waals surface area contributed by atoms with Gasteiger partial charge in [0.25, 0.3) is 0 Å². The summed E-state index contributed by atoms with van der Waals surface area (Å²) in [6.07, 6.45) is 1.10. The van der Waals surface area contributed by atoms with Crippen molar-refractivity contribution in [3.8, 4) is 0 Å². The van der Waals surface area contributed by atoms with E-state index in [1.54, 1.807) is 6.07 Å². The van der Waals surface area contributed by atoms with Crippen LogP contribution in [0.15, 0.2) is 54.6 Å². The van der Waals surface area contributed by atoms with Gasteiger partial charge in [-0.1, -0.05) is 62.4 Å². The Bertz CT molecular complexity index is 840. The maximum Gasteiger partial charge on any atom is 0.239 e. The van der Waals surface area contributed by atoms with Crippen LogP contribution in [-0.4, -0.2) is 31.3 Å². The van der Waals surface area contributed by atoms with Gasteiger partial charge in [-0.15, -0.1) is 0 Å². The Morgan fingerprint density at radius 2 is 1.68 bits per heavy atom. The Hall–Kier alpha value is -3.19. The van der Waals surface area contributed by atoms with Gasteiger partial charge in [0.1, 0.15) is 0 Å². The number of benzene rings is 2. The van der Waals surface area contributed by atoms with Gasteiger partial charge in [0.2, 0.25) is 18.2 Å². The fraction of sp³-hybridized carbons (Fsp3) is 0.375. The first-order chi connectivity index (χ1) is 15.0. The number of carbonyl (C=O) groups is 3. The van der Waals surface area contributed by atoms with Crippen molar-refractivity contribution in [2.45, 2.75) is 39.4 Å². The predicted molar refractivity (Wildman–Crippen MR) is 120 cm³/mol. The molecule has 7 nitrogen and oxygen atoms in total. The molecule has 0 aromatic heterocycles. The molecule has 3 amide bonds. The van der Waals surface area contributed by atoms with E-state index in [4.69, 9.17) is 4.74 Å². The number of anilines is 1. The minimum Gasteiger partial charge on any atom is -0.368 e. The van der Waals surface area contributed by atoms with E-state index in [1.165, 1.54) is 0 Å². The topological polar surface area (TPSA) is 96.5 Å². The Kier molecular flexibility index (Phi) is 10.2. The zero-order valence-electron chi connectivity index (χ0n) is 18.1. The van der Waals surface area contributed by atoms with Gasteiger partial charge in [-0.25, -0.2) is 0 Å². The number of amides is 3. The summed E-state index contributed by atoms with van der Waals surface area (Å²) in [6, 6.07) is 16.8. The number of para-hydroxylation sites is 1. The maximum absolute atomic E-state index is 12.5. The normalized spacial score (nSPS) is 11.6. The average molecular weight is 426 g/mol. The van der Waals surface area contributed by atoms with Gasteiger partial charge in [0.05, 0.1) is 25.7 Å². The van der Waals surface area contributed by atoms with Crippen molar-refractivity contribution in [1.82, 2.24) is 10.6 Å². The third kappa shape index (κ3) is 9.00. The molecule has 0 spiro atoms. The van der Waals surface area contributed by atoms with Gasteiger partial charge < -0.3 is 20.7 Å². The SMILES string of the molecule is CC(C)CCNC(=O)CNC(=O)CC(OCc1ccccc1NC=O)c1ccccc1. The molecule has 2 aromatic rings. The van der Waals surface area contributed by atoms with E-state index < -0.39 is 6.10 Å². The number of carbonyl (C=O) groups excluding carboxylic acids is 3. The summed E-state index contributed by atoms with van der Waals surface area (Å²) in [5.41, 5.74) is 2.33. The van der Waals surface area contributed by atoms with Crippen molar-refractivity contribution in [1.29, 1.82) is 0 Å². The lowest BCUT2D eigenvalue weighted by atomic mass is 10.1. The first-order valence-electron chi connectivity index (χ1n) is 10.5. The summed E-state index contributed by atoms with van der Waals surface area (Å²) in [7, 11) is 0. The van der Waals surface area contributed by atoms with Crippen molar-refractivity contribution >= 4 is 23.9 Å². The second-order valence-electron chi connectivity index (χ2n) is 7.64. The van der Waals surface area contributed by atoms with E-state index in [0.717, 1.165) is 17.5 Å². The van der Waals surface area contributed by atoms with E-state index in [1.807, 2.05) is 48.5 Å². The summed E-state index contributed by atoms with van der Waals surface area (Å²) in [6.45, 7) is 4.93. The molecular formula is C24H31N3O4. The molecule has 3 N–H and O–H groups in total. The molecule has 0 radical (unpaired) electrons. The first-order valence-corrected chi connectivity index (χ1v) is 10.5. The van der Waals surface area contributed by atoms with Crippen LogP contribution in [0.5, 0.6) is 0 Å². The number of ether oxygens (including phenoxy) is 1. The molecule has 0 aliphatic heterocycles. The van der Waals surface area contributed by atoms with E-state index in [0.29, 0.717) is 24.6 Å². The van der Waals surface area contributed by atoms with Gasteiger partial charge in [-0.3, -0.25) is 14.4 Å². The average Bonchev–Trinajstić information content (AvgIpc) is 2.76. The molecule has 0 saturated heterocycles. The molecule has 0 aliphatic rings. The first kappa shape index (κ1) is 24.1. The molecule has 0 heterocycles. The molecule has 0 aliphatic carbocycles. The predicted octanol–water partition coefficient (Wildman–Crippen LogP) is 3.18. The number of nitrogens with one attached hydrogen (secondary N) is 3. The fourth-order valence-electron chi connectivity index (χ4n) is 2.96. The van der Waals surface area contributed by atoms with Gasteiger partial charge in [0, 0.05) is 17.8 Å². The van der Waals surface area contributed by atoms with Crippen LogP contribution in [0, 0.1) is 5.92 Å². The third-order valence-electron chi connectivity index (χ3n) is 4.70. The lowest BCUT2D eigenvalue weighted by molar-refractivity contribution is -0.128. The zero-order valence-corrected chi connectivity index (χ0v) is 18.1. The summed E-state index contributed by atoms with van der Waals surface area (Å²) in [5, 5.41) is 8.11.